The number of ether oxygens (including phenoxy) is 1. The van der Waals surface area contributed by atoms with E-state index in [1.165, 1.54) is 18.5 Å². The Morgan fingerprint density at radius 1 is 1.21 bits per heavy atom. The highest BCUT2D eigenvalue weighted by Gasteiger charge is 2.27. The van der Waals surface area contributed by atoms with Gasteiger partial charge >= 0.3 is 0 Å². The lowest BCUT2D eigenvalue weighted by molar-refractivity contribution is -0.127. The molecule has 1 aliphatic rings. The van der Waals surface area contributed by atoms with Crippen LogP contribution in [0.4, 0.5) is 4.39 Å². The number of hydrogen-bond acceptors (Lipinski definition) is 5. The number of carbonyl (C=O) groups excluding carboxylic acids is 1. The van der Waals surface area contributed by atoms with Crippen LogP contribution in [0, 0.1) is 5.82 Å². The number of hydrogen-bond donors (Lipinski definition) is 0. The van der Waals surface area contributed by atoms with Crippen LogP contribution in [0.25, 0.3) is 22.3 Å². The van der Waals surface area contributed by atoms with Crippen molar-refractivity contribution in [1.29, 1.82) is 0 Å². The summed E-state index contributed by atoms with van der Waals surface area (Å²) in [5, 5.41) is 5.52. The van der Waals surface area contributed by atoms with Crippen molar-refractivity contribution in [3.05, 3.63) is 79.5 Å². The van der Waals surface area contributed by atoms with Gasteiger partial charge in [-0.1, -0.05) is 24.8 Å². The van der Waals surface area contributed by atoms with Gasteiger partial charge in [0.25, 0.3) is 0 Å². The predicted octanol–water partition coefficient (Wildman–Crippen LogP) is 4.77. The summed E-state index contributed by atoms with van der Waals surface area (Å²) in [6.45, 7) is 4.80. The molecule has 1 saturated heterocycles. The van der Waals surface area contributed by atoms with Crippen LogP contribution in [0.15, 0.2) is 73.7 Å². The number of fused-ring (bicyclic) bond motifs is 1. The fourth-order valence-electron chi connectivity index (χ4n) is 4.18. The van der Waals surface area contributed by atoms with Crippen molar-refractivity contribution in [2.45, 2.75) is 18.9 Å². The molecule has 2 aromatic carbocycles. The smallest absolute Gasteiger partial charge is 0.246 e. The fourth-order valence-corrected chi connectivity index (χ4v) is 4.18. The molecule has 33 heavy (non-hydrogen) atoms. The minimum atomic E-state index is -0.490. The molecule has 0 radical (unpaired) electrons. The molecule has 5 rings (SSSR count). The molecular formula is C25H22FN5O2. The van der Waals surface area contributed by atoms with Crippen LogP contribution in [0.5, 0.6) is 11.5 Å². The van der Waals surface area contributed by atoms with Crippen LogP contribution in [-0.2, 0) is 4.79 Å². The van der Waals surface area contributed by atoms with Gasteiger partial charge in [0, 0.05) is 24.8 Å². The highest BCUT2D eigenvalue weighted by atomic mass is 19.1. The molecule has 1 atom stereocenters. The van der Waals surface area contributed by atoms with E-state index in [2.05, 4.69) is 16.5 Å². The van der Waals surface area contributed by atoms with E-state index in [1.807, 2.05) is 22.9 Å². The van der Waals surface area contributed by atoms with Gasteiger partial charge in [-0.05, 0) is 49.2 Å². The normalized spacial score (nSPS) is 16.0. The van der Waals surface area contributed by atoms with Crippen LogP contribution >= 0.6 is 0 Å². The number of halogens is 1. The molecule has 0 bridgehead atoms. The molecule has 0 spiro atoms. The second kappa shape index (κ2) is 8.82. The average Bonchev–Trinajstić information content (AvgIpc) is 3.25. The van der Waals surface area contributed by atoms with Crippen molar-refractivity contribution in [1.82, 2.24) is 24.6 Å². The number of likely N-dealkylation sites (tertiary alicyclic amines) is 1. The van der Waals surface area contributed by atoms with Gasteiger partial charge in [-0.3, -0.25) is 4.79 Å². The Morgan fingerprint density at radius 2 is 2.06 bits per heavy atom. The number of carbonyl (C=O) groups is 1. The largest absolute Gasteiger partial charge is 0.454 e. The Hall–Kier alpha value is -4.07. The molecule has 7 nitrogen and oxygen atoms in total. The summed E-state index contributed by atoms with van der Waals surface area (Å²) in [6.07, 6.45) is 6.20. The molecule has 0 saturated carbocycles. The SMILES string of the molecule is C=CC(=O)N1CCC[C@@H](n2nc(-c3ccc(Oc4ccccc4)c(F)c3)c3cncnc32)C1. The van der Waals surface area contributed by atoms with Crippen molar-refractivity contribution < 1.29 is 13.9 Å². The van der Waals surface area contributed by atoms with Crippen molar-refractivity contribution in [3.63, 3.8) is 0 Å². The average molecular weight is 443 g/mol. The van der Waals surface area contributed by atoms with Gasteiger partial charge in [0.1, 0.15) is 17.8 Å². The van der Waals surface area contributed by atoms with Gasteiger partial charge in [0.05, 0.1) is 11.4 Å². The second-order valence-corrected chi connectivity index (χ2v) is 7.90. The minimum absolute atomic E-state index is 0.0423. The molecule has 3 heterocycles. The monoisotopic (exact) mass is 443 g/mol. The second-order valence-electron chi connectivity index (χ2n) is 7.90. The standard InChI is InChI=1S/C25H22FN5O2/c1-2-23(32)30-12-6-7-18(15-30)31-25-20(14-27-16-28-25)24(29-31)17-10-11-22(21(26)13-17)33-19-8-4-3-5-9-19/h2-5,8-11,13-14,16,18H,1,6-7,12,15H2/t18-/m1/s1. The quantitative estimate of drug-likeness (QED) is 0.415. The number of rotatable bonds is 5. The molecule has 4 aromatic rings. The van der Waals surface area contributed by atoms with Crippen LogP contribution in [0.3, 0.4) is 0 Å². The molecule has 1 amide bonds. The topological polar surface area (TPSA) is 73.1 Å². The van der Waals surface area contributed by atoms with E-state index in [-0.39, 0.29) is 17.7 Å². The maximum absolute atomic E-state index is 14.9. The van der Waals surface area contributed by atoms with Crippen molar-refractivity contribution in [2.75, 3.05) is 13.1 Å². The van der Waals surface area contributed by atoms with E-state index >= 15 is 0 Å². The van der Waals surface area contributed by atoms with Gasteiger partial charge < -0.3 is 9.64 Å². The van der Waals surface area contributed by atoms with Gasteiger partial charge in [0.2, 0.25) is 5.91 Å². The number of amides is 1. The first-order chi connectivity index (χ1) is 16.1. The third-order valence-corrected chi connectivity index (χ3v) is 5.78. The van der Waals surface area contributed by atoms with Gasteiger partial charge in [-0.2, -0.15) is 5.10 Å². The van der Waals surface area contributed by atoms with E-state index in [0.717, 1.165) is 18.2 Å². The summed E-state index contributed by atoms with van der Waals surface area (Å²) in [5.41, 5.74) is 1.84. The van der Waals surface area contributed by atoms with Crippen molar-refractivity contribution in [2.24, 2.45) is 0 Å². The first kappa shape index (κ1) is 20.8. The number of nitrogens with zero attached hydrogens (tertiary/aromatic N) is 5. The predicted molar refractivity (Wildman–Crippen MR) is 122 cm³/mol. The first-order valence-electron chi connectivity index (χ1n) is 10.8. The summed E-state index contributed by atoms with van der Waals surface area (Å²) < 4.78 is 22.4. The highest BCUT2D eigenvalue weighted by Crippen LogP contribution is 2.34. The Balaban J connectivity index is 1.50. The Labute approximate surface area is 190 Å². The zero-order chi connectivity index (χ0) is 22.8. The molecule has 1 fully saturated rings. The van der Waals surface area contributed by atoms with Crippen molar-refractivity contribution in [3.8, 4) is 22.8 Å². The first-order valence-corrected chi connectivity index (χ1v) is 10.8. The van der Waals surface area contributed by atoms with Crippen LogP contribution in [-0.4, -0.2) is 43.6 Å². The summed E-state index contributed by atoms with van der Waals surface area (Å²) in [7, 11) is 0. The number of aromatic nitrogens is 4. The van der Waals surface area contributed by atoms with Gasteiger partial charge in [-0.15, -0.1) is 0 Å². The molecule has 8 heteroatoms. The summed E-state index contributed by atoms with van der Waals surface area (Å²) in [4.78, 5) is 22.5. The lowest BCUT2D eigenvalue weighted by Gasteiger charge is -2.32. The molecular weight excluding hydrogens is 421 g/mol. The van der Waals surface area contributed by atoms with E-state index in [1.54, 1.807) is 35.4 Å². The number of para-hydroxylation sites is 1. The zero-order valence-electron chi connectivity index (χ0n) is 17.9. The maximum atomic E-state index is 14.9. The van der Waals surface area contributed by atoms with Crippen LogP contribution < -0.4 is 4.74 Å². The molecule has 166 valence electrons. The third-order valence-electron chi connectivity index (χ3n) is 5.78. The molecule has 2 aromatic heterocycles. The number of piperidine rings is 1. The molecule has 0 aliphatic carbocycles. The highest BCUT2D eigenvalue weighted by molar-refractivity contribution is 5.91. The third kappa shape index (κ3) is 4.07. The minimum Gasteiger partial charge on any atom is -0.454 e. The molecule has 1 aliphatic heterocycles. The number of benzene rings is 2. The van der Waals surface area contributed by atoms with Crippen LogP contribution in [0.2, 0.25) is 0 Å². The summed E-state index contributed by atoms with van der Waals surface area (Å²) >= 11 is 0. The lowest BCUT2D eigenvalue weighted by atomic mass is 10.1. The van der Waals surface area contributed by atoms with Gasteiger partial charge in [-0.25, -0.2) is 19.0 Å². The lowest BCUT2D eigenvalue weighted by Crippen LogP contribution is -2.40. The zero-order valence-corrected chi connectivity index (χ0v) is 17.9. The van der Waals surface area contributed by atoms with Crippen LogP contribution in [0.1, 0.15) is 18.9 Å². The van der Waals surface area contributed by atoms with Crippen molar-refractivity contribution >= 4 is 16.9 Å². The fraction of sp³-hybridized carbons (Fsp3) is 0.200. The Bertz CT molecular complexity index is 1320. The Morgan fingerprint density at radius 3 is 2.85 bits per heavy atom. The van der Waals surface area contributed by atoms with E-state index in [4.69, 9.17) is 9.84 Å². The molecule has 0 N–H and O–H groups in total. The van der Waals surface area contributed by atoms with E-state index in [0.29, 0.717) is 35.7 Å². The summed E-state index contributed by atoms with van der Waals surface area (Å²) in [5.74, 6) is 0.109. The van der Waals surface area contributed by atoms with E-state index < -0.39 is 5.82 Å². The van der Waals surface area contributed by atoms with E-state index in [9.17, 15) is 9.18 Å². The maximum Gasteiger partial charge on any atom is 0.246 e. The van der Waals surface area contributed by atoms with Gasteiger partial charge in [0.15, 0.2) is 17.2 Å². The Kier molecular flexibility index (Phi) is 5.56. The molecule has 0 unspecified atom stereocenters. The summed E-state index contributed by atoms with van der Waals surface area (Å²) in [6, 6.07) is 13.8.